The van der Waals surface area contributed by atoms with Gasteiger partial charge in [-0.25, -0.2) is 13.2 Å². The van der Waals surface area contributed by atoms with Crippen molar-refractivity contribution in [3.05, 3.63) is 58.9 Å². The number of benzene rings is 2. The summed E-state index contributed by atoms with van der Waals surface area (Å²) in [5.41, 5.74) is 0.831. The standard InChI is InChI=1S/C23H27F3/c1-3-5-6-7-15-8-10-17(11-9-15)19-14-18-13-12-16(4-2)21(24)20(18)23(26)22(19)25/h6-7,12-15,17H,3-5,8-11H2,1-2H3/b7-6+. The zero-order valence-electron chi connectivity index (χ0n) is 15.6. The molecule has 140 valence electrons. The molecule has 3 heteroatoms. The third-order valence-corrected chi connectivity index (χ3v) is 5.69. The SMILES string of the molecule is CCC/C=C/C1CCC(c2cc3ccc(CC)c(F)c3c(F)c2F)CC1. The lowest BCUT2D eigenvalue weighted by atomic mass is 9.78. The molecule has 0 aliphatic heterocycles. The second-order valence-electron chi connectivity index (χ2n) is 7.41. The van der Waals surface area contributed by atoms with Gasteiger partial charge in [0, 0.05) is 0 Å². The third-order valence-electron chi connectivity index (χ3n) is 5.69. The number of halogens is 3. The number of aryl methyl sites for hydroxylation is 1. The van der Waals surface area contributed by atoms with Crippen molar-refractivity contribution in [3.8, 4) is 0 Å². The molecule has 0 saturated heterocycles. The molecule has 1 saturated carbocycles. The number of hydrogen-bond acceptors (Lipinski definition) is 0. The minimum atomic E-state index is -1.03. The van der Waals surface area contributed by atoms with Crippen LogP contribution in [0.1, 0.15) is 69.4 Å². The van der Waals surface area contributed by atoms with Crippen LogP contribution in [0.15, 0.2) is 30.4 Å². The number of rotatable bonds is 5. The predicted molar refractivity (Wildman–Crippen MR) is 102 cm³/mol. The summed E-state index contributed by atoms with van der Waals surface area (Å²) in [4.78, 5) is 0. The molecule has 0 N–H and O–H groups in total. The van der Waals surface area contributed by atoms with Gasteiger partial charge in [0.1, 0.15) is 5.82 Å². The van der Waals surface area contributed by atoms with Crippen molar-refractivity contribution in [2.24, 2.45) is 5.92 Å². The normalized spacial score (nSPS) is 21.0. The van der Waals surface area contributed by atoms with Crippen LogP contribution in [0.3, 0.4) is 0 Å². The molecular weight excluding hydrogens is 333 g/mol. The summed E-state index contributed by atoms with van der Waals surface area (Å²) < 4.78 is 43.8. The zero-order valence-corrected chi connectivity index (χ0v) is 15.6. The molecule has 0 unspecified atom stereocenters. The summed E-state index contributed by atoms with van der Waals surface area (Å²) in [7, 11) is 0. The van der Waals surface area contributed by atoms with E-state index in [0.29, 0.717) is 28.9 Å². The van der Waals surface area contributed by atoms with Crippen LogP contribution in [-0.4, -0.2) is 0 Å². The number of fused-ring (bicyclic) bond motifs is 1. The lowest BCUT2D eigenvalue weighted by Crippen LogP contribution is -2.14. The van der Waals surface area contributed by atoms with Gasteiger partial charge in [0.25, 0.3) is 0 Å². The molecule has 0 heterocycles. The Morgan fingerprint density at radius 1 is 0.962 bits per heavy atom. The van der Waals surface area contributed by atoms with Crippen LogP contribution in [0.4, 0.5) is 13.2 Å². The van der Waals surface area contributed by atoms with E-state index in [0.717, 1.165) is 38.5 Å². The van der Waals surface area contributed by atoms with E-state index in [2.05, 4.69) is 19.1 Å². The topological polar surface area (TPSA) is 0 Å². The molecule has 2 aromatic rings. The van der Waals surface area contributed by atoms with Crippen molar-refractivity contribution >= 4 is 10.8 Å². The van der Waals surface area contributed by atoms with E-state index in [1.165, 1.54) is 0 Å². The summed E-state index contributed by atoms with van der Waals surface area (Å²) >= 11 is 0. The Morgan fingerprint density at radius 3 is 2.35 bits per heavy atom. The monoisotopic (exact) mass is 360 g/mol. The van der Waals surface area contributed by atoms with Crippen LogP contribution >= 0.6 is 0 Å². The highest BCUT2D eigenvalue weighted by Crippen LogP contribution is 2.40. The van der Waals surface area contributed by atoms with E-state index < -0.39 is 17.5 Å². The Kier molecular flexibility index (Phi) is 6.05. The van der Waals surface area contributed by atoms with Crippen molar-refractivity contribution in [1.29, 1.82) is 0 Å². The number of allylic oxidation sites excluding steroid dienone is 2. The van der Waals surface area contributed by atoms with Gasteiger partial charge in [0.2, 0.25) is 0 Å². The van der Waals surface area contributed by atoms with Gasteiger partial charge in [-0.15, -0.1) is 0 Å². The first-order chi connectivity index (χ1) is 12.6. The third kappa shape index (κ3) is 3.67. The fraction of sp³-hybridized carbons (Fsp3) is 0.478. The molecule has 3 rings (SSSR count). The van der Waals surface area contributed by atoms with E-state index in [1.807, 2.05) is 0 Å². The molecular formula is C23H27F3. The first-order valence-electron chi connectivity index (χ1n) is 9.82. The minimum Gasteiger partial charge on any atom is -0.206 e. The Hall–Kier alpha value is -1.77. The van der Waals surface area contributed by atoms with Gasteiger partial charge in [-0.05, 0) is 72.9 Å². The second kappa shape index (κ2) is 8.28. The quantitative estimate of drug-likeness (QED) is 0.486. The fourth-order valence-corrected chi connectivity index (χ4v) is 4.09. The van der Waals surface area contributed by atoms with Gasteiger partial charge in [-0.2, -0.15) is 0 Å². The van der Waals surface area contributed by atoms with E-state index in [9.17, 15) is 13.2 Å². The zero-order chi connectivity index (χ0) is 18.7. The van der Waals surface area contributed by atoms with Gasteiger partial charge >= 0.3 is 0 Å². The van der Waals surface area contributed by atoms with Crippen molar-refractivity contribution in [2.45, 2.75) is 64.7 Å². The number of hydrogen-bond donors (Lipinski definition) is 0. The maximum atomic E-state index is 14.7. The van der Waals surface area contributed by atoms with Crippen LogP contribution < -0.4 is 0 Å². The van der Waals surface area contributed by atoms with Crippen LogP contribution in [0.5, 0.6) is 0 Å². The Balaban J connectivity index is 1.87. The van der Waals surface area contributed by atoms with E-state index in [1.54, 1.807) is 25.1 Å². The Labute approximate surface area is 154 Å². The largest absolute Gasteiger partial charge is 0.206 e. The van der Waals surface area contributed by atoms with Crippen molar-refractivity contribution in [3.63, 3.8) is 0 Å². The van der Waals surface area contributed by atoms with Gasteiger partial charge in [-0.3, -0.25) is 0 Å². The summed E-state index contributed by atoms with van der Waals surface area (Å²) in [5, 5.41) is 0.250. The maximum absolute atomic E-state index is 14.7. The van der Waals surface area contributed by atoms with E-state index in [4.69, 9.17) is 0 Å². The van der Waals surface area contributed by atoms with Gasteiger partial charge < -0.3 is 0 Å². The van der Waals surface area contributed by atoms with Crippen LogP contribution in [0.25, 0.3) is 10.8 Å². The summed E-state index contributed by atoms with van der Waals surface area (Å²) in [6.45, 7) is 3.96. The van der Waals surface area contributed by atoms with Crippen LogP contribution in [0, 0.1) is 23.4 Å². The molecule has 0 bridgehead atoms. The minimum absolute atomic E-state index is 0.0126. The van der Waals surface area contributed by atoms with Gasteiger partial charge in [0.05, 0.1) is 5.39 Å². The maximum Gasteiger partial charge on any atom is 0.169 e. The molecule has 0 spiro atoms. The van der Waals surface area contributed by atoms with Crippen molar-refractivity contribution in [2.75, 3.05) is 0 Å². The Morgan fingerprint density at radius 2 is 1.69 bits per heavy atom. The molecule has 0 amide bonds. The Bertz CT molecular complexity index is 799. The van der Waals surface area contributed by atoms with Crippen LogP contribution in [0.2, 0.25) is 0 Å². The van der Waals surface area contributed by atoms with E-state index >= 15 is 0 Å². The van der Waals surface area contributed by atoms with Gasteiger partial charge in [-0.1, -0.05) is 44.6 Å². The highest BCUT2D eigenvalue weighted by Gasteiger charge is 2.26. The lowest BCUT2D eigenvalue weighted by Gasteiger charge is -2.28. The molecule has 1 aliphatic rings. The van der Waals surface area contributed by atoms with Gasteiger partial charge in [0.15, 0.2) is 11.6 Å². The first-order valence-corrected chi connectivity index (χ1v) is 9.82. The molecule has 0 aromatic heterocycles. The molecule has 0 nitrogen and oxygen atoms in total. The number of unbranched alkanes of at least 4 members (excludes halogenated alkanes) is 1. The molecule has 0 radical (unpaired) electrons. The molecule has 0 atom stereocenters. The fourth-order valence-electron chi connectivity index (χ4n) is 4.09. The molecule has 1 aliphatic carbocycles. The molecule has 26 heavy (non-hydrogen) atoms. The smallest absolute Gasteiger partial charge is 0.169 e. The molecule has 2 aromatic carbocycles. The summed E-state index contributed by atoms with van der Waals surface area (Å²) in [6, 6.07) is 5.05. The second-order valence-corrected chi connectivity index (χ2v) is 7.41. The predicted octanol–water partition coefficient (Wildman–Crippen LogP) is 7.45. The average Bonchev–Trinajstić information content (AvgIpc) is 2.65. The first kappa shape index (κ1) is 19.0. The van der Waals surface area contributed by atoms with Crippen molar-refractivity contribution < 1.29 is 13.2 Å². The lowest BCUT2D eigenvalue weighted by molar-refractivity contribution is 0.364. The average molecular weight is 360 g/mol. The highest BCUT2D eigenvalue weighted by atomic mass is 19.2. The molecule has 1 fully saturated rings. The summed E-state index contributed by atoms with van der Waals surface area (Å²) in [5.74, 6) is -1.98. The highest BCUT2D eigenvalue weighted by molar-refractivity contribution is 5.85. The van der Waals surface area contributed by atoms with E-state index in [-0.39, 0.29) is 11.3 Å². The summed E-state index contributed by atoms with van der Waals surface area (Å²) in [6.07, 6.45) is 10.9. The van der Waals surface area contributed by atoms with Crippen molar-refractivity contribution in [1.82, 2.24) is 0 Å². The van der Waals surface area contributed by atoms with Crippen LogP contribution in [-0.2, 0) is 6.42 Å².